The zero-order chi connectivity index (χ0) is 21.8. The van der Waals surface area contributed by atoms with E-state index in [2.05, 4.69) is 15.0 Å². The minimum absolute atomic E-state index is 0.0881. The normalized spacial score (nSPS) is 13.1. The Kier molecular flexibility index (Phi) is 6.61. The maximum atomic E-state index is 11.7. The van der Waals surface area contributed by atoms with Crippen molar-refractivity contribution in [3.05, 3.63) is 60.8 Å². The Balaban J connectivity index is 1.65. The fourth-order valence-electron chi connectivity index (χ4n) is 3.00. The number of imidazole rings is 1. The molecule has 0 bridgehead atoms. The van der Waals surface area contributed by atoms with Gasteiger partial charge >= 0.3 is 0 Å². The van der Waals surface area contributed by atoms with E-state index in [9.17, 15) is 4.21 Å². The molecule has 0 saturated heterocycles. The van der Waals surface area contributed by atoms with Gasteiger partial charge in [0.25, 0.3) is 0 Å². The molecule has 9 heteroatoms. The van der Waals surface area contributed by atoms with Crippen LogP contribution in [-0.2, 0) is 10.4 Å². The van der Waals surface area contributed by atoms with Crippen molar-refractivity contribution in [3.8, 4) is 28.6 Å². The Morgan fingerprint density at radius 3 is 2.58 bits per heavy atom. The largest absolute Gasteiger partial charge is 0.491 e. The first-order chi connectivity index (χ1) is 15.0. The zero-order valence-corrected chi connectivity index (χ0v) is 18.8. The minimum atomic E-state index is -0.872. The molecule has 2 heterocycles. The number of hydrogen-bond donors (Lipinski definition) is 2. The first kappa shape index (κ1) is 21.4. The van der Waals surface area contributed by atoms with Crippen molar-refractivity contribution in [2.45, 2.75) is 0 Å². The van der Waals surface area contributed by atoms with E-state index in [0.717, 1.165) is 16.4 Å². The molecule has 7 nitrogen and oxygen atoms in total. The van der Waals surface area contributed by atoms with Crippen LogP contribution in [0.2, 0.25) is 0 Å². The number of aliphatic hydroxyl groups excluding tert-OH is 1. The molecule has 4 rings (SSSR count). The summed E-state index contributed by atoms with van der Waals surface area (Å²) in [5.74, 6) is 2.44. The van der Waals surface area contributed by atoms with Crippen LogP contribution >= 0.6 is 7.12 Å². The van der Waals surface area contributed by atoms with E-state index in [4.69, 9.17) is 14.6 Å². The van der Waals surface area contributed by atoms with Gasteiger partial charge in [-0.2, -0.15) is 0 Å². The summed E-state index contributed by atoms with van der Waals surface area (Å²) in [7, 11) is -1.58. The Bertz CT molecular complexity index is 1180. The fourth-order valence-corrected chi connectivity index (χ4v) is 5.13. The lowest BCUT2D eigenvalue weighted by molar-refractivity contribution is 0.201. The van der Waals surface area contributed by atoms with Crippen LogP contribution in [-0.4, -0.2) is 50.4 Å². The van der Waals surface area contributed by atoms with Gasteiger partial charge in [0.15, 0.2) is 5.65 Å². The van der Waals surface area contributed by atoms with Gasteiger partial charge in [-0.25, -0.2) is 9.97 Å². The number of aliphatic hydroxyl groups is 1. The van der Waals surface area contributed by atoms with Crippen LogP contribution in [0.25, 0.3) is 22.6 Å². The highest BCUT2D eigenvalue weighted by Crippen LogP contribution is 2.35. The van der Waals surface area contributed by atoms with E-state index < -0.39 is 17.5 Å². The summed E-state index contributed by atoms with van der Waals surface area (Å²) in [4.78, 5) is 12.1. The second-order valence-electron chi connectivity index (χ2n) is 6.74. The SMILES string of the molecule is CP(c1ccc(Oc2cc(OCCO)cc(-c3nc4ncccc4[nH]3)c2)cc1)S(C)=O. The monoisotopic (exact) mass is 455 g/mol. The number of benzene rings is 2. The molecule has 160 valence electrons. The maximum absolute atomic E-state index is 11.7. The number of nitrogens with zero attached hydrogens (tertiary/aromatic N) is 2. The Hall–Kier alpha value is -2.80. The summed E-state index contributed by atoms with van der Waals surface area (Å²) in [6.45, 7) is 2.08. The molecular weight excluding hydrogens is 433 g/mol. The highest BCUT2D eigenvalue weighted by atomic mass is 32.7. The first-order valence-corrected chi connectivity index (χ1v) is 13.5. The minimum Gasteiger partial charge on any atom is -0.491 e. The maximum Gasteiger partial charge on any atom is 0.178 e. The second kappa shape index (κ2) is 9.56. The van der Waals surface area contributed by atoms with E-state index in [-0.39, 0.29) is 13.2 Å². The molecule has 0 aliphatic rings. The number of rotatable bonds is 8. The molecule has 4 aromatic rings. The smallest absolute Gasteiger partial charge is 0.178 e. The Labute approximate surface area is 183 Å². The predicted octanol–water partition coefficient (Wildman–Crippen LogP) is 3.82. The van der Waals surface area contributed by atoms with Crippen LogP contribution in [0.15, 0.2) is 60.8 Å². The zero-order valence-electron chi connectivity index (χ0n) is 17.1. The molecule has 0 amide bonds. The third-order valence-electron chi connectivity index (χ3n) is 4.59. The third-order valence-corrected chi connectivity index (χ3v) is 9.34. The number of aromatic nitrogens is 3. The van der Waals surface area contributed by atoms with E-state index in [1.54, 1.807) is 18.5 Å². The number of nitrogens with one attached hydrogen (secondary N) is 1. The predicted molar refractivity (Wildman–Crippen MR) is 125 cm³/mol. The van der Waals surface area contributed by atoms with Gasteiger partial charge in [-0.05, 0) is 60.5 Å². The molecular formula is C22H22N3O4PS. The molecule has 2 aromatic heterocycles. The first-order valence-electron chi connectivity index (χ1n) is 9.58. The van der Waals surface area contributed by atoms with Crippen LogP contribution in [0.3, 0.4) is 0 Å². The molecule has 2 atom stereocenters. The van der Waals surface area contributed by atoms with E-state index in [0.29, 0.717) is 28.7 Å². The van der Waals surface area contributed by atoms with Gasteiger partial charge in [-0.1, -0.05) is 0 Å². The summed E-state index contributed by atoms with van der Waals surface area (Å²) in [6.07, 6.45) is 3.42. The molecule has 0 aliphatic heterocycles. The van der Waals surface area contributed by atoms with Crippen molar-refractivity contribution < 1.29 is 18.8 Å². The number of aromatic amines is 1. The average Bonchev–Trinajstić information content (AvgIpc) is 3.22. The van der Waals surface area contributed by atoms with Crippen LogP contribution in [0.1, 0.15) is 0 Å². The average molecular weight is 455 g/mol. The topological polar surface area (TPSA) is 97.3 Å². The lowest BCUT2D eigenvalue weighted by Crippen LogP contribution is -2.03. The second-order valence-corrected chi connectivity index (χ2v) is 12.3. The standard InChI is InChI=1S/C22H22N3O4PS/c1-30(31(2)27)19-7-5-16(6-8-19)29-18-13-15(12-17(14-18)28-11-10-26)21-24-20-4-3-9-23-22(20)25-21/h3-9,12-14,26H,10-11H2,1-2H3,(H,23,24,25). The summed E-state index contributed by atoms with van der Waals surface area (Å²) >= 11 is 0. The molecule has 0 radical (unpaired) electrons. The van der Waals surface area contributed by atoms with E-state index in [1.165, 1.54) is 0 Å². The lowest BCUT2D eigenvalue weighted by atomic mass is 10.2. The van der Waals surface area contributed by atoms with E-state index in [1.807, 2.05) is 55.2 Å². The van der Waals surface area contributed by atoms with Gasteiger partial charge in [-0.3, -0.25) is 4.21 Å². The summed E-state index contributed by atoms with van der Waals surface area (Å²) < 4.78 is 23.4. The van der Waals surface area contributed by atoms with Crippen molar-refractivity contribution in [2.24, 2.45) is 0 Å². The van der Waals surface area contributed by atoms with Crippen LogP contribution < -0.4 is 14.8 Å². The number of hydrogen-bond acceptors (Lipinski definition) is 6. The summed E-state index contributed by atoms with van der Waals surface area (Å²) in [5, 5.41) is 10.2. The van der Waals surface area contributed by atoms with Crippen molar-refractivity contribution in [1.82, 2.24) is 15.0 Å². The Morgan fingerprint density at radius 1 is 1.10 bits per heavy atom. The van der Waals surface area contributed by atoms with Crippen molar-refractivity contribution in [2.75, 3.05) is 26.1 Å². The van der Waals surface area contributed by atoms with Gasteiger partial charge in [-0.15, -0.1) is 0 Å². The van der Waals surface area contributed by atoms with Gasteiger partial charge in [0.1, 0.15) is 29.7 Å². The number of pyridine rings is 1. The van der Waals surface area contributed by atoms with Gasteiger partial charge in [0, 0.05) is 41.6 Å². The lowest BCUT2D eigenvalue weighted by Gasteiger charge is -2.12. The van der Waals surface area contributed by atoms with E-state index >= 15 is 0 Å². The van der Waals surface area contributed by atoms with Gasteiger partial charge in [0.05, 0.1) is 12.1 Å². The van der Waals surface area contributed by atoms with Crippen molar-refractivity contribution in [3.63, 3.8) is 0 Å². The van der Waals surface area contributed by atoms with Crippen LogP contribution in [0, 0.1) is 0 Å². The molecule has 2 aromatic carbocycles. The highest BCUT2D eigenvalue weighted by molar-refractivity contribution is 8.48. The van der Waals surface area contributed by atoms with Crippen molar-refractivity contribution >= 4 is 34.0 Å². The van der Waals surface area contributed by atoms with Gasteiger partial charge < -0.3 is 19.6 Å². The molecule has 2 N–H and O–H groups in total. The molecule has 31 heavy (non-hydrogen) atoms. The molecule has 0 saturated carbocycles. The number of H-pyrrole nitrogens is 1. The van der Waals surface area contributed by atoms with Gasteiger partial charge in [0.2, 0.25) is 0 Å². The molecule has 0 fully saturated rings. The van der Waals surface area contributed by atoms with Crippen LogP contribution in [0.5, 0.6) is 17.2 Å². The molecule has 2 unspecified atom stereocenters. The quantitative estimate of drug-likeness (QED) is 0.392. The third kappa shape index (κ3) is 5.10. The fraction of sp³-hybridized carbons (Fsp3) is 0.182. The molecule has 0 spiro atoms. The van der Waals surface area contributed by atoms with Crippen molar-refractivity contribution in [1.29, 1.82) is 0 Å². The highest BCUT2D eigenvalue weighted by Gasteiger charge is 2.12. The van der Waals surface area contributed by atoms with Crippen LogP contribution in [0.4, 0.5) is 0 Å². The number of ether oxygens (including phenoxy) is 2. The Morgan fingerprint density at radius 2 is 1.87 bits per heavy atom. The summed E-state index contributed by atoms with van der Waals surface area (Å²) in [5.41, 5.74) is 2.24. The summed E-state index contributed by atoms with van der Waals surface area (Å²) in [6, 6.07) is 16.9. The molecule has 0 aliphatic carbocycles. The number of fused-ring (bicyclic) bond motifs is 1.